The molecule has 9 aromatic rings. The van der Waals surface area contributed by atoms with Crippen LogP contribution in [-0.4, -0.2) is 0 Å². The summed E-state index contributed by atoms with van der Waals surface area (Å²) in [7, 11) is 0. The first-order chi connectivity index (χ1) is 19.8. The Morgan fingerprint density at radius 3 is 1.55 bits per heavy atom. The fourth-order valence-corrected chi connectivity index (χ4v) is 7.66. The van der Waals surface area contributed by atoms with Crippen LogP contribution in [0.3, 0.4) is 0 Å². The van der Waals surface area contributed by atoms with E-state index in [4.69, 9.17) is 4.42 Å². The Labute approximate surface area is 234 Å². The van der Waals surface area contributed by atoms with Crippen LogP contribution in [0.15, 0.2) is 138 Å². The Bertz CT molecular complexity index is 2380. The topological polar surface area (TPSA) is 13.1 Å². The average Bonchev–Trinajstić information content (AvgIpc) is 3.57. The summed E-state index contributed by atoms with van der Waals surface area (Å²) in [5, 5.41) is 10.0. The van der Waals surface area contributed by atoms with Crippen molar-refractivity contribution < 1.29 is 4.42 Å². The second kappa shape index (κ2) is 8.29. The van der Waals surface area contributed by atoms with Gasteiger partial charge in [0.05, 0.1) is 0 Å². The van der Waals surface area contributed by atoms with Gasteiger partial charge in [0.25, 0.3) is 0 Å². The summed E-state index contributed by atoms with van der Waals surface area (Å²) >= 11 is 1.88. The second-order valence-corrected chi connectivity index (χ2v) is 11.5. The van der Waals surface area contributed by atoms with E-state index in [1.54, 1.807) is 0 Å². The molecule has 9 rings (SSSR count). The summed E-state index contributed by atoms with van der Waals surface area (Å²) < 4.78 is 8.82. The summed E-state index contributed by atoms with van der Waals surface area (Å²) in [5.41, 5.74) is 6.88. The number of rotatable bonds is 2. The molecule has 2 aromatic heterocycles. The third-order valence-corrected chi connectivity index (χ3v) is 9.40. The molecular weight excluding hydrogens is 504 g/mol. The summed E-state index contributed by atoms with van der Waals surface area (Å²) in [6, 6.07) is 48.4. The van der Waals surface area contributed by atoms with Crippen molar-refractivity contribution in [2.24, 2.45) is 0 Å². The van der Waals surface area contributed by atoms with Crippen LogP contribution in [0.1, 0.15) is 0 Å². The van der Waals surface area contributed by atoms with Crippen molar-refractivity contribution in [1.82, 2.24) is 0 Å². The number of thiophene rings is 1. The first kappa shape index (κ1) is 22.0. The number of hydrogen-bond donors (Lipinski definition) is 0. The molecule has 0 atom stereocenters. The predicted molar refractivity (Wildman–Crippen MR) is 172 cm³/mol. The van der Waals surface area contributed by atoms with Crippen molar-refractivity contribution in [2.45, 2.75) is 0 Å². The number of furan rings is 1. The van der Waals surface area contributed by atoms with Crippen LogP contribution in [-0.2, 0) is 0 Å². The maximum atomic E-state index is 6.15. The van der Waals surface area contributed by atoms with Crippen molar-refractivity contribution in [3.8, 4) is 22.3 Å². The van der Waals surface area contributed by atoms with E-state index in [0.29, 0.717) is 0 Å². The minimum Gasteiger partial charge on any atom is -0.456 e. The molecule has 1 nitrogen and oxygen atoms in total. The van der Waals surface area contributed by atoms with E-state index in [1.165, 1.54) is 64.0 Å². The lowest BCUT2D eigenvalue weighted by molar-refractivity contribution is 0.669. The molecule has 0 saturated carbocycles. The summed E-state index contributed by atoms with van der Waals surface area (Å²) in [4.78, 5) is 0. The molecule has 0 aliphatic rings. The van der Waals surface area contributed by atoms with E-state index in [1.807, 2.05) is 23.5 Å². The molecule has 0 bridgehead atoms. The Balaban J connectivity index is 1.37. The maximum absolute atomic E-state index is 6.15. The Morgan fingerprint density at radius 2 is 0.850 bits per heavy atom. The third-order valence-electron chi connectivity index (χ3n) is 8.26. The van der Waals surface area contributed by atoms with Crippen LogP contribution >= 0.6 is 11.3 Å². The SMILES string of the molecule is c1ccc2c(c1)oc1ccc(-c3c4ccccc4c(-c4ccc5c(c4)sc4ccccc45)c4ccccc34)cc12. The zero-order chi connectivity index (χ0) is 26.2. The Hall–Kier alpha value is -4.92. The lowest BCUT2D eigenvalue weighted by Crippen LogP contribution is -1.90. The molecule has 0 amide bonds. The summed E-state index contributed by atoms with van der Waals surface area (Å²) in [6.07, 6.45) is 0. The van der Waals surface area contributed by atoms with Crippen molar-refractivity contribution in [2.75, 3.05) is 0 Å². The molecule has 0 spiro atoms. The summed E-state index contributed by atoms with van der Waals surface area (Å²) in [5.74, 6) is 0. The van der Waals surface area contributed by atoms with Crippen molar-refractivity contribution in [3.05, 3.63) is 133 Å². The van der Waals surface area contributed by atoms with Crippen molar-refractivity contribution in [3.63, 3.8) is 0 Å². The van der Waals surface area contributed by atoms with E-state index in [0.717, 1.165) is 21.9 Å². The molecule has 40 heavy (non-hydrogen) atoms. The molecule has 2 heterocycles. The highest BCUT2D eigenvalue weighted by Crippen LogP contribution is 2.46. The maximum Gasteiger partial charge on any atom is 0.135 e. The number of fused-ring (bicyclic) bond motifs is 8. The molecule has 0 fully saturated rings. The van der Waals surface area contributed by atoms with Crippen LogP contribution in [0, 0.1) is 0 Å². The van der Waals surface area contributed by atoms with E-state index in [2.05, 4.69) is 121 Å². The van der Waals surface area contributed by atoms with Gasteiger partial charge in [0.2, 0.25) is 0 Å². The molecule has 186 valence electrons. The molecule has 2 heteroatoms. The second-order valence-electron chi connectivity index (χ2n) is 10.5. The quantitative estimate of drug-likeness (QED) is 0.204. The van der Waals surface area contributed by atoms with E-state index in [-0.39, 0.29) is 0 Å². The van der Waals surface area contributed by atoms with Crippen LogP contribution in [0.5, 0.6) is 0 Å². The lowest BCUT2D eigenvalue weighted by Gasteiger charge is -2.18. The highest BCUT2D eigenvalue weighted by atomic mass is 32.1. The van der Waals surface area contributed by atoms with Gasteiger partial charge in [0.1, 0.15) is 11.2 Å². The largest absolute Gasteiger partial charge is 0.456 e. The molecule has 0 unspecified atom stereocenters. The smallest absolute Gasteiger partial charge is 0.135 e. The first-order valence-electron chi connectivity index (χ1n) is 13.6. The molecule has 0 radical (unpaired) electrons. The number of para-hydroxylation sites is 1. The highest BCUT2D eigenvalue weighted by Gasteiger charge is 2.18. The van der Waals surface area contributed by atoms with Gasteiger partial charge in [-0.1, -0.05) is 103 Å². The van der Waals surface area contributed by atoms with Crippen molar-refractivity contribution >= 4 is 75.0 Å². The monoisotopic (exact) mass is 526 g/mol. The van der Waals surface area contributed by atoms with E-state index < -0.39 is 0 Å². The van der Waals surface area contributed by atoms with Gasteiger partial charge in [-0.25, -0.2) is 0 Å². The van der Waals surface area contributed by atoms with Crippen LogP contribution in [0.25, 0.3) is 85.9 Å². The molecule has 7 aromatic carbocycles. The summed E-state index contributed by atoms with van der Waals surface area (Å²) in [6.45, 7) is 0. The fourth-order valence-electron chi connectivity index (χ4n) is 6.51. The van der Waals surface area contributed by atoms with E-state index >= 15 is 0 Å². The van der Waals surface area contributed by atoms with Gasteiger partial charge in [-0.05, 0) is 74.1 Å². The van der Waals surface area contributed by atoms with E-state index in [9.17, 15) is 0 Å². The normalized spacial score (nSPS) is 12.0. The fraction of sp³-hybridized carbons (Fsp3) is 0. The van der Waals surface area contributed by atoms with Gasteiger partial charge in [0, 0.05) is 30.9 Å². The zero-order valence-corrected chi connectivity index (χ0v) is 22.3. The first-order valence-corrected chi connectivity index (χ1v) is 14.4. The molecule has 0 aliphatic carbocycles. The molecule has 0 aliphatic heterocycles. The van der Waals surface area contributed by atoms with Gasteiger partial charge in [-0.2, -0.15) is 0 Å². The molecule has 0 N–H and O–H groups in total. The molecule has 0 saturated heterocycles. The van der Waals surface area contributed by atoms with Crippen LogP contribution < -0.4 is 0 Å². The molecular formula is C38H22OS. The highest BCUT2D eigenvalue weighted by molar-refractivity contribution is 7.25. The zero-order valence-electron chi connectivity index (χ0n) is 21.5. The lowest BCUT2D eigenvalue weighted by atomic mass is 9.85. The number of hydrogen-bond acceptors (Lipinski definition) is 2. The Morgan fingerprint density at radius 1 is 0.350 bits per heavy atom. The van der Waals surface area contributed by atoms with Crippen LogP contribution in [0.2, 0.25) is 0 Å². The average molecular weight is 527 g/mol. The van der Waals surface area contributed by atoms with Crippen LogP contribution in [0.4, 0.5) is 0 Å². The standard InChI is InChI=1S/C38H22OS/c1-3-13-30-28(11-1)37(23-18-20-34-32(21-23)25-9-5-7-15-33(25)39-34)29-12-2-4-14-31(29)38(30)24-17-19-27-26-10-6-8-16-35(26)40-36(27)22-24/h1-22H. The van der Waals surface area contributed by atoms with Gasteiger partial charge in [-0.15, -0.1) is 11.3 Å². The minimum atomic E-state index is 0.923. The predicted octanol–water partition coefficient (Wildman–Crippen LogP) is 11.6. The Kier molecular flexibility index (Phi) is 4.55. The van der Waals surface area contributed by atoms with Gasteiger partial charge >= 0.3 is 0 Å². The van der Waals surface area contributed by atoms with Crippen molar-refractivity contribution in [1.29, 1.82) is 0 Å². The van der Waals surface area contributed by atoms with Gasteiger partial charge in [-0.3, -0.25) is 0 Å². The number of benzene rings is 7. The van der Waals surface area contributed by atoms with Gasteiger partial charge < -0.3 is 4.42 Å². The third kappa shape index (κ3) is 3.08. The minimum absolute atomic E-state index is 0.923. The van der Waals surface area contributed by atoms with Gasteiger partial charge in [0.15, 0.2) is 0 Å².